The predicted octanol–water partition coefficient (Wildman–Crippen LogP) is 2.07. The Kier molecular flexibility index (Phi) is 4.78. The molecule has 2 N–H and O–H groups in total. The summed E-state index contributed by atoms with van der Waals surface area (Å²) in [5.41, 5.74) is 0.116. The quantitative estimate of drug-likeness (QED) is 0.698. The number of hydrogen-bond acceptors (Lipinski definition) is 2. The second-order valence-electron chi connectivity index (χ2n) is 5.43. The van der Waals surface area contributed by atoms with E-state index in [-0.39, 0.29) is 11.4 Å². The fraction of sp³-hybridized carbons (Fsp3) is 0.923. The Morgan fingerprint density at radius 1 is 1.31 bits per heavy atom. The number of carbonyl (C=O) groups excluding carboxylic acids is 1. The van der Waals surface area contributed by atoms with Gasteiger partial charge in [0.05, 0.1) is 6.54 Å². The van der Waals surface area contributed by atoms with E-state index < -0.39 is 0 Å². The van der Waals surface area contributed by atoms with Crippen LogP contribution in [0.2, 0.25) is 0 Å². The largest absolute Gasteiger partial charge is 0.352 e. The highest BCUT2D eigenvalue weighted by atomic mass is 16.2. The molecule has 0 heterocycles. The van der Waals surface area contributed by atoms with Gasteiger partial charge in [-0.15, -0.1) is 0 Å². The third-order valence-corrected chi connectivity index (χ3v) is 3.65. The van der Waals surface area contributed by atoms with Crippen LogP contribution in [0.1, 0.15) is 53.4 Å². The average Bonchev–Trinajstić information content (AvgIpc) is 3.07. The van der Waals surface area contributed by atoms with Crippen LogP contribution in [0.5, 0.6) is 0 Å². The van der Waals surface area contributed by atoms with E-state index in [2.05, 4.69) is 38.3 Å². The zero-order chi connectivity index (χ0) is 12.2. The maximum absolute atomic E-state index is 11.7. The average molecular weight is 226 g/mol. The van der Waals surface area contributed by atoms with Crippen LogP contribution in [-0.2, 0) is 4.79 Å². The predicted molar refractivity (Wildman–Crippen MR) is 67.3 cm³/mol. The zero-order valence-corrected chi connectivity index (χ0v) is 11.1. The molecule has 0 aliphatic heterocycles. The van der Waals surface area contributed by atoms with Crippen molar-refractivity contribution in [2.75, 3.05) is 6.54 Å². The van der Waals surface area contributed by atoms with Crippen molar-refractivity contribution in [1.82, 2.24) is 10.6 Å². The lowest BCUT2D eigenvalue weighted by atomic mass is 9.99. The summed E-state index contributed by atoms with van der Waals surface area (Å²) in [6.07, 6.45) is 4.62. The monoisotopic (exact) mass is 226 g/mol. The molecule has 1 amide bonds. The van der Waals surface area contributed by atoms with Crippen molar-refractivity contribution in [3.05, 3.63) is 0 Å². The first kappa shape index (κ1) is 13.5. The lowest BCUT2D eigenvalue weighted by molar-refractivity contribution is -0.121. The molecule has 0 aromatic rings. The molecule has 94 valence electrons. The molecule has 0 spiro atoms. The minimum Gasteiger partial charge on any atom is -0.352 e. The summed E-state index contributed by atoms with van der Waals surface area (Å²) in [6.45, 7) is 9.04. The molecule has 0 unspecified atom stereocenters. The van der Waals surface area contributed by atoms with Crippen LogP contribution >= 0.6 is 0 Å². The molecule has 3 nitrogen and oxygen atoms in total. The van der Waals surface area contributed by atoms with Gasteiger partial charge in [0.2, 0.25) is 5.91 Å². The molecule has 1 rings (SSSR count). The first-order valence-electron chi connectivity index (χ1n) is 6.54. The van der Waals surface area contributed by atoms with Crippen LogP contribution in [-0.4, -0.2) is 24.0 Å². The van der Waals surface area contributed by atoms with Gasteiger partial charge in [-0.1, -0.05) is 13.8 Å². The minimum absolute atomic E-state index is 0.116. The standard InChI is InChI=1S/C13H26N2O/c1-5-11(6-2)15-12(16)9-14-13(3,4)10-7-8-10/h10-11,14H,5-9H2,1-4H3,(H,15,16). The van der Waals surface area contributed by atoms with Gasteiger partial charge in [0.1, 0.15) is 0 Å². The number of hydrogen-bond donors (Lipinski definition) is 2. The maximum Gasteiger partial charge on any atom is 0.234 e. The van der Waals surface area contributed by atoms with Gasteiger partial charge in [0.25, 0.3) is 0 Å². The summed E-state index contributed by atoms with van der Waals surface area (Å²) in [7, 11) is 0. The first-order chi connectivity index (χ1) is 7.49. The summed E-state index contributed by atoms with van der Waals surface area (Å²) in [4.78, 5) is 11.7. The van der Waals surface area contributed by atoms with Gasteiger partial charge in [-0.3, -0.25) is 4.79 Å². The van der Waals surface area contributed by atoms with E-state index in [0.717, 1.165) is 18.8 Å². The minimum atomic E-state index is 0.116. The Hall–Kier alpha value is -0.570. The molecule has 16 heavy (non-hydrogen) atoms. The number of carbonyl (C=O) groups is 1. The molecular formula is C13H26N2O. The van der Waals surface area contributed by atoms with Crippen molar-refractivity contribution in [3.8, 4) is 0 Å². The van der Waals surface area contributed by atoms with Crippen LogP contribution in [0.3, 0.4) is 0 Å². The van der Waals surface area contributed by atoms with Gasteiger partial charge in [0, 0.05) is 11.6 Å². The summed E-state index contributed by atoms with van der Waals surface area (Å²) in [5.74, 6) is 0.885. The topological polar surface area (TPSA) is 41.1 Å². The van der Waals surface area contributed by atoms with E-state index in [0.29, 0.717) is 12.6 Å². The van der Waals surface area contributed by atoms with Crippen molar-refractivity contribution in [2.24, 2.45) is 5.92 Å². The fourth-order valence-corrected chi connectivity index (χ4v) is 2.03. The van der Waals surface area contributed by atoms with Gasteiger partial charge in [-0.05, 0) is 45.4 Å². The molecule has 3 heteroatoms. The van der Waals surface area contributed by atoms with E-state index >= 15 is 0 Å². The SMILES string of the molecule is CCC(CC)NC(=O)CNC(C)(C)C1CC1. The molecule has 1 aliphatic carbocycles. The van der Waals surface area contributed by atoms with Crippen molar-refractivity contribution >= 4 is 5.91 Å². The number of nitrogens with one attached hydrogen (secondary N) is 2. The van der Waals surface area contributed by atoms with Crippen molar-refractivity contribution in [1.29, 1.82) is 0 Å². The Labute approximate surface area is 99.4 Å². The summed E-state index contributed by atoms with van der Waals surface area (Å²) < 4.78 is 0. The van der Waals surface area contributed by atoms with Crippen molar-refractivity contribution in [3.63, 3.8) is 0 Å². The summed E-state index contributed by atoms with van der Waals surface area (Å²) in [6, 6.07) is 0.332. The summed E-state index contributed by atoms with van der Waals surface area (Å²) in [5, 5.41) is 6.41. The highest BCUT2D eigenvalue weighted by Crippen LogP contribution is 2.38. The lowest BCUT2D eigenvalue weighted by Gasteiger charge is -2.26. The molecule has 1 fully saturated rings. The van der Waals surface area contributed by atoms with Gasteiger partial charge in [0.15, 0.2) is 0 Å². The lowest BCUT2D eigenvalue weighted by Crippen LogP contribution is -2.48. The first-order valence-corrected chi connectivity index (χ1v) is 6.54. The fourth-order valence-electron chi connectivity index (χ4n) is 2.03. The van der Waals surface area contributed by atoms with Crippen LogP contribution in [0.4, 0.5) is 0 Å². The highest BCUT2D eigenvalue weighted by Gasteiger charge is 2.37. The van der Waals surface area contributed by atoms with E-state index in [1.165, 1.54) is 12.8 Å². The molecule has 0 aromatic carbocycles. The normalized spacial score (nSPS) is 16.6. The smallest absolute Gasteiger partial charge is 0.234 e. The van der Waals surface area contributed by atoms with Gasteiger partial charge in [-0.25, -0.2) is 0 Å². The Bertz CT molecular complexity index is 230. The molecule has 0 atom stereocenters. The number of amides is 1. The Morgan fingerprint density at radius 3 is 2.31 bits per heavy atom. The molecule has 0 aromatic heterocycles. The third kappa shape index (κ3) is 4.12. The number of rotatable bonds is 7. The highest BCUT2D eigenvalue weighted by molar-refractivity contribution is 5.78. The molecule has 0 radical (unpaired) electrons. The van der Waals surface area contributed by atoms with Crippen LogP contribution in [0, 0.1) is 5.92 Å². The molecule has 1 saturated carbocycles. The van der Waals surface area contributed by atoms with Crippen LogP contribution in [0.15, 0.2) is 0 Å². The molecule has 0 bridgehead atoms. The van der Waals surface area contributed by atoms with E-state index in [1.54, 1.807) is 0 Å². The Balaban J connectivity index is 2.23. The van der Waals surface area contributed by atoms with Gasteiger partial charge < -0.3 is 10.6 Å². The second-order valence-corrected chi connectivity index (χ2v) is 5.43. The van der Waals surface area contributed by atoms with Gasteiger partial charge >= 0.3 is 0 Å². The molecule has 0 saturated heterocycles. The Morgan fingerprint density at radius 2 is 1.88 bits per heavy atom. The molecule has 1 aliphatic rings. The van der Waals surface area contributed by atoms with Crippen molar-refractivity contribution < 1.29 is 4.79 Å². The molecular weight excluding hydrogens is 200 g/mol. The van der Waals surface area contributed by atoms with Crippen LogP contribution in [0.25, 0.3) is 0 Å². The van der Waals surface area contributed by atoms with E-state index in [4.69, 9.17) is 0 Å². The van der Waals surface area contributed by atoms with Crippen LogP contribution < -0.4 is 10.6 Å². The third-order valence-electron chi connectivity index (χ3n) is 3.65. The maximum atomic E-state index is 11.7. The zero-order valence-electron chi connectivity index (χ0n) is 11.1. The van der Waals surface area contributed by atoms with Crippen molar-refractivity contribution in [2.45, 2.75) is 65.0 Å². The van der Waals surface area contributed by atoms with E-state index in [9.17, 15) is 4.79 Å². The van der Waals surface area contributed by atoms with Gasteiger partial charge in [-0.2, -0.15) is 0 Å². The summed E-state index contributed by atoms with van der Waals surface area (Å²) >= 11 is 0. The second kappa shape index (κ2) is 5.67. The van der Waals surface area contributed by atoms with E-state index in [1.807, 2.05) is 0 Å².